The average Bonchev–Trinajstić information content (AvgIpc) is 2.35. The fourth-order valence-corrected chi connectivity index (χ4v) is 2.91. The number of halogens is 3. The van der Waals surface area contributed by atoms with Crippen LogP contribution in [-0.4, -0.2) is 8.42 Å². The second-order valence-electron chi connectivity index (χ2n) is 4.11. The molecular weight excluding hydrogens is 308 g/mol. The van der Waals surface area contributed by atoms with E-state index < -0.39 is 21.7 Å². The predicted octanol–water partition coefficient (Wildman–Crippen LogP) is 3.56. The number of benzene rings is 2. The van der Waals surface area contributed by atoms with Crippen LogP contribution in [0.4, 0.5) is 14.5 Å². The molecule has 106 valence electrons. The van der Waals surface area contributed by atoms with Crippen LogP contribution in [0.25, 0.3) is 0 Å². The Labute approximate surface area is 120 Å². The molecule has 0 unspecified atom stereocenters. The van der Waals surface area contributed by atoms with Crippen LogP contribution in [0, 0.1) is 11.6 Å². The normalized spacial score (nSPS) is 11.3. The molecule has 0 aromatic heterocycles. The van der Waals surface area contributed by atoms with Crippen molar-refractivity contribution in [1.82, 2.24) is 0 Å². The maximum Gasteiger partial charge on any atom is 0.237 e. The summed E-state index contributed by atoms with van der Waals surface area (Å²) in [6.07, 6.45) is 0. The molecule has 0 atom stereocenters. The van der Waals surface area contributed by atoms with Gasteiger partial charge >= 0.3 is 0 Å². The van der Waals surface area contributed by atoms with Gasteiger partial charge in [-0.3, -0.25) is 4.72 Å². The van der Waals surface area contributed by atoms with Crippen molar-refractivity contribution in [2.24, 2.45) is 0 Å². The molecule has 0 saturated heterocycles. The van der Waals surface area contributed by atoms with Gasteiger partial charge in [-0.05, 0) is 29.8 Å². The molecule has 2 aromatic rings. The Morgan fingerprint density at radius 1 is 1.05 bits per heavy atom. The summed E-state index contributed by atoms with van der Waals surface area (Å²) in [6, 6.07) is 8.86. The molecule has 0 fully saturated rings. The first-order valence-electron chi connectivity index (χ1n) is 5.56. The van der Waals surface area contributed by atoms with Crippen molar-refractivity contribution in [3.8, 4) is 0 Å². The van der Waals surface area contributed by atoms with E-state index in [-0.39, 0.29) is 11.4 Å². The Morgan fingerprint density at radius 2 is 1.70 bits per heavy atom. The summed E-state index contributed by atoms with van der Waals surface area (Å²) in [5.74, 6) is -2.08. The number of sulfonamides is 1. The van der Waals surface area contributed by atoms with E-state index in [1.807, 2.05) is 0 Å². The Morgan fingerprint density at radius 3 is 2.30 bits per heavy atom. The average molecular weight is 318 g/mol. The van der Waals surface area contributed by atoms with Crippen LogP contribution in [0.3, 0.4) is 0 Å². The summed E-state index contributed by atoms with van der Waals surface area (Å²) >= 11 is 5.70. The third kappa shape index (κ3) is 3.91. The number of anilines is 1. The number of rotatable bonds is 4. The monoisotopic (exact) mass is 317 g/mol. The van der Waals surface area contributed by atoms with Gasteiger partial charge in [0.15, 0.2) is 0 Å². The van der Waals surface area contributed by atoms with E-state index in [9.17, 15) is 17.2 Å². The Hall–Kier alpha value is -1.66. The third-order valence-corrected chi connectivity index (χ3v) is 3.96. The molecule has 0 bridgehead atoms. The van der Waals surface area contributed by atoms with Crippen LogP contribution < -0.4 is 4.72 Å². The molecule has 1 N–H and O–H groups in total. The van der Waals surface area contributed by atoms with E-state index in [1.54, 1.807) is 24.3 Å². The second kappa shape index (κ2) is 5.76. The van der Waals surface area contributed by atoms with Crippen molar-refractivity contribution in [3.63, 3.8) is 0 Å². The zero-order valence-electron chi connectivity index (χ0n) is 10.1. The first-order chi connectivity index (χ1) is 9.35. The second-order valence-corrected chi connectivity index (χ2v) is 6.27. The highest BCUT2D eigenvalue weighted by Crippen LogP contribution is 2.18. The first kappa shape index (κ1) is 14.7. The van der Waals surface area contributed by atoms with Gasteiger partial charge in [-0.2, -0.15) is 0 Å². The number of hydrogen-bond donors (Lipinski definition) is 1. The van der Waals surface area contributed by atoms with Gasteiger partial charge in [0.25, 0.3) is 0 Å². The van der Waals surface area contributed by atoms with E-state index in [0.29, 0.717) is 16.7 Å². The van der Waals surface area contributed by atoms with Crippen LogP contribution in [-0.2, 0) is 15.8 Å². The Balaban J connectivity index is 2.17. The maximum atomic E-state index is 13.4. The molecule has 0 saturated carbocycles. The van der Waals surface area contributed by atoms with Gasteiger partial charge in [0.2, 0.25) is 10.0 Å². The van der Waals surface area contributed by atoms with Gasteiger partial charge in [0, 0.05) is 11.1 Å². The lowest BCUT2D eigenvalue weighted by Gasteiger charge is -2.09. The van der Waals surface area contributed by atoms with Crippen molar-refractivity contribution in [2.75, 3.05) is 4.72 Å². The number of hydrogen-bond acceptors (Lipinski definition) is 2. The molecule has 0 heterocycles. The van der Waals surface area contributed by atoms with Gasteiger partial charge < -0.3 is 0 Å². The molecule has 0 aliphatic carbocycles. The smallest absolute Gasteiger partial charge is 0.237 e. The van der Waals surface area contributed by atoms with Crippen LogP contribution in [0.1, 0.15) is 5.56 Å². The highest BCUT2D eigenvalue weighted by atomic mass is 35.5. The number of nitrogens with one attached hydrogen (secondary N) is 1. The van der Waals surface area contributed by atoms with Crippen molar-refractivity contribution in [3.05, 3.63) is 64.7 Å². The van der Waals surface area contributed by atoms with Gasteiger partial charge in [0.1, 0.15) is 11.6 Å². The zero-order chi connectivity index (χ0) is 14.8. The van der Waals surface area contributed by atoms with Crippen molar-refractivity contribution in [1.29, 1.82) is 0 Å². The van der Waals surface area contributed by atoms with E-state index in [4.69, 9.17) is 11.6 Å². The fraction of sp³-hybridized carbons (Fsp3) is 0.0769. The molecule has 0 aliphatic heterocycles. The predicted molar refractivity (Wildman–Crippen MR) is 74.1 cm³/mol. The summed E-state index contributed by atoms with van der Waals surface area (Å²) in [6.45, 7) is 0. The van der Waals surface area contributed by atoms with Gasteiger partial charge in [0.05, 0.1) is 11.4 Å². The largest absolute Gasteiger partial charge is 0.280 e. The molecule has 20 heavy (non-hydrogen) atoms. The van der Waals surface area contributed by atoms with Gasteiger partial charge in [-0.25, -0.2) is 17.2 Å². The summed E-state index contributed by atoms with van der Waals surface area (Å²) in [7, 11) is -3.79. The minimum Gasteiger partial charge on any atom is -0.280 e. The molecule has 0 spiro atoms. The minimum absolute atomic E-state index is 0.291. The summed E-state index contributed by atoms with van der Waals surface area (Å²) in [4.78, 5) is 0. The van der Waals surface area contributed by atoms with E-state index >= 15 is 0 Å². The van der Waals surface area contributed by atoms with Crippen molar-refractivity contribution < 1.29 is 17.2 Å². The Kier molecular flexibility index (Phi) is 4.25. The summed E-state index contributed by atoms with van der Waals surface area (Å²) in [5, 5.41) is 0.490. The topological polar surface area (TPSA) is 46.2 Å². The fourth-order valence-electron chi connectivity index (χ4n) is 1.58. The molecule has 2 rings (SSSR count). The van der Waals surface area contributed by atoms with Crippen LogP contribution in [0.5, 0.6) is 0 Å². The summed E-state index contributed by atoms with van der Waals surface area (Å²) in [5.41, 5.74) is 0.213. The molecule has 0 radical (unpaired) electrons. The van der Waals surface area contributed by atoms with E-state index in [1.165, 1.54) is 0 Å². The van der Waals surface area contributed by atoms with Crippen LogP contribution in [0.15, 0.2) is 42.5 Å². The molecule has 3 nitrogen and oxygen atoms in total. The summed E-state index contributed by atoms with van der Waals surface area (Å²) < 4.78 is 52.0. The highest BCUT2D eigenvalue weighted by Gasteiger charge is 2.14. The lowest BCUT2D eigenvalue weighted by Crippen LogP contribution is -2.16. The lowest BCUT2D eigenvalue weighted by molar-refractivity contribution is 0.582. The first-order valence-corrected chi connectivity index (χ1v) is 7.59. The van der Waals surface area contributed by atoms with Crippen molar-refractivity contribution >= 4 is 27.3 Å². The van der Waals surface area contributed by atoms with Crippen LogP contribution in [0.2, 0.25) is 5.02 Å². The molecule has 0 amide bonds. The highest BCUT2D eigenvalue weighted by molar-refractivity contribution is 7.91. The third-order valence-electron chi connectivity index (χ3n) is 2.47. The molecule has 2 aromatic carbocycles. The standard InChI is InChI=1S/C13H10ClF2NO2S/c14-10-3-1-9(2-4-10)8-20(18,19)17-13-6-5-11(15)7-12(13)16/h1-7,17H,8H2. The Bertz CT molecular complexity index is 718. The van der Waals surface area contributed by atoms with E-state index in [0.717, 1.165) is 12.1 Å². The SMILES string of the molecule is O=S(=O)(Cc1ccc(Cl)cc1)Nc1ccc(F)cc1F. The zero-order valence-corrected chi connectivity index (χ0v) is 11.7. The van der Waals surface area contributed by atoms with Gasteiger partial charge in [-0.1, -0.05) is 23.7 Å². The molecular formula is C13H10ClF2NO2S. The van der Waals surface area contributed by atoms with Crippen molar-refractivity contribution in [2.45, 2.75) is 5.75 Å². The maximum absolute atomic E-state index is 13.4. The lowest BCUT2D eigenvalue weighted by atomic mass is 10.2. The molecule has 7 heteroatoms. The van der Waals surface area contributed by atoms with Gasteiger partial charge in [-0.15, -0.1) is 0 Å². The van der Waals surface area contributed by atoms with E-state index in [2.05, 4.69) is 4.72 Å². The quantitative estimate of drug-likeness (QED) is 0.937. The minimum atomic E-state index is -3.79. The van der Waals surface area contributed by atoms with Crippen LogP contribution >= 0.6 is 11.6 Å². The molecule has 0 aliphatic rings.